The number of carbonyl (C=O) groups is 1. The third-order valence-electron chi connectivity index (χ3n) is 6.87. The summed E-state index contributed by atoms with van der Waals surface area (Å²) in [7, 11) is 1.96. The summed E-state index contributed by atoms with van der Waals surface area (Å²) in [5, 5.41) is 11.9. The first-order chi connectivity index (χ1) is 17.6. The highest BCUT2D eigenvalue weighted by Crippen LogP contribution is 2.34. The maximum atomic E-state index is 13.0. The lowest BCUT2D eigenvalue weighted by atomic mass is 9.91. The van der Waals surface area contributed by atoms with E-state index in [1.54, 1.807) is 4.68 Å². The highest BCUT2D eigenvalue weighted by Gasteiger charge is 2.24. The lowest BCUT2D eigenvalue weighted by molar-refractivity contribution is 0.247. The zero-order valence-electron chi connectivity index (χ0n) is 22.0. The molecule has 3 aromatic heterocycles. The van der Waals surface area contributed by atoms with Crippen molar-refractivity contribution in [2.24, 2.45) is 7.05 Å². The topological polar surface area (TPSA) is 116 Å². The second kappa shape index (κ2) is 9.38. The summed E-state index contributed by atoms with van der Waals surface area (Å²) in [6.45, 7) is 8.38. The molecule has 0 spiro atoms. The number of anilines is 2. The highest BCUT2D eigenvalue weighted by atomic mass is 16.2. The van der Waals surface area contributed by atoms with Gasteiger partial charge in [0.2, 0.25) is 0 Å². The molecule has 37 heavy (non-hydrogen) atoms. The van der Waals surface area contributed by atoms with Gasteiger partial charge >= 0.3 is 6.03 Å². The largest absolute Gasteiger partial charge is 0.383 e. The molecule has 5 rings (SSSR count). The summed E-state index contributed by atoms with van der Waals surface area (Å²) in [6, 6.07) is 9.85. The summed E-state index contributed by atoms with van der Waals surface area (Å²) < 4.78 is 3.77. The van der Waals surface area contributed by atoms with E-state index in [9.17, 15) is 4.79 Å². The Morgan fingerprint density at radius 3 is 2.59 bits per heavy atom. The number of benzene rings is 1. The van der Waals surface area contributed by atoms with Crippen molar-refractivity contribution in [2.75, 3.05) is 11.1 Å². The van der Waals surface area contributed by atoms with Gasteiger partial charge in [0.05, 0.1) is 16.8 Å². The zero-order valence-corrected chi connectivity index (χ0v) is 22.0. The third-order valence-corrected chi connectivity index (χ3v) is 6.87. The van der Waals surface area contributed by atoms with E-state index < -0.39 is 0 Å². The Hall–Kier alpha value is -4.14. The van der Waals surface area contributed by atoms with Gasteiger partial charge in [0.1, 0.15) is 23.6 Å². The van der Waals surface area contributed by atoms with Crippen LogP contribution in [0.25, 0.3) is 22.3 Å². The molecule has 1 aromatic carbocycles. The van der Waals surface area contributed by atoms with E-state index in [4.69, 9.17) is 10.8 Å². The number of nitrogen functional groups attached to an aromatic ring is 1. The quantitative estimate of drug-likeness (QED) is 0.362. The van der Waals surface area contributed by atoms with Gasteiger partial charge in [0.15, 0.2) is 0 Å². The Balaban J connectivity index is 1.31. The van der Waals surface area contributed by atoms with Gasteiger partial charge in [-0.1, -0.05) is 44.5 Å². The number of carbonyl (C=O) groups excluding carboxylic acids is 1. The molecule has 1 atom stereocenters. The fourth-order valence-electron chi connectivity index (χ4n) is 4.75. The number of aryl methyl sites for hydroxylation is 2. The zero-order chi connectivity index (χ0) is 26.3. The lowest BCUT2D eigenvalue weighted by Crippen LogP contribution is -2.39. The fraction of sp³-hybridized carbons (Fsp3) is 0.357. The van der Waals surface area contributed by atoms with E-state index in [0.717, 1.165) is 47.2 Å². The average molecular weight is 499 g/mol. The molecule has 0 radical (unpaired) electrons. The standard InChI is InChI=1S/C28H34N8O/c1-17-6-12-20(13-7-17)36-23(14-22(34-36)28(2,3)4)33-27(37)32-19-10-8-18(9-11-19)21-15-35(5)26-24(21)25(29)30-16-31-26/h6-8,12-16,19H,9-11H2,1-5H3,(H2,29,30,31)(H2,32,33,37). The average Bonchev–Trinajstić information content (AvgIpc) is 3.42. The number of hydrogen-bond acceptors (Lipinski definition) is 5. The third kappa shape index (κ3) is 4.94. The Bertz CT molecular complexity index is 1490. The number of aromatic nitrogens is 5. The van der Waals surface area contributed by atoms with Gasteiger partial charge < -0.3 is 15.6 Å². The van der Waals surface area contributed by atoms with Crippen molar-refractivity contribution in [3.05, 3.63) is 65.8 Å². The molecule has 1 aliphatic carbocycles. The summed E-state index contributed by atoms with van der Waals surface area (Å²) >= 11 is 0. The van der Waals surface area contributed by atoms with Crippen molar-refractivity contribution in [3.63, 3.8) is 0 Å². The van der Waals surface area contributed by atoms with Gasteiger partial charge in [-0.3, -0.25) is 5.32 Å². The van der Waals surface area contributed by atoms with Crippen LogP contribution in [-0.2, 0) is 12.5 Å². The van der Waals surface area contributed by atoms with Gasteiger partial charge in [-0.05, 0) is 43.9 Å². The van der Waals surface area contributed by atoms with Crippen LogP contribution in [0, 0.1) is 6.92 Å². The van der Waals surface area contributed by atoms with Crippen LogP contribution in [0.5, 0.6) is 0 Å². The minimum absolute atomic E-state index is 0.0326. The minimum Gasteiger partial charge on any atom is -0.383 e. The second-order valence-corrected chi connectivity index (χ2v) is 10.8. The van der Waals surface area contributed by atoms with Crippen LogP contribution >= 0.6 is 0 Å². The minimum atomic E-state index is -0.238. The van der Waals surface area contributed by atoms with Crippen molar-refractivity contribution in [3.8, 4) is 5.69 Å². The lowest BCUT2D eigenvalue weighted by Gasteiger charge is -2.23. The number of allylic oxidation sites excluding steroid dienone is 1. The molecule has 4 aromatic rings. The number of hydrogen-bond donors (Lipinski definition) is 3. The molecule has 0 fully saturated rings. The SMILES string of the molecule is Cc1ccc(-n2nc(C(C)(C)C)cc2NC(=O)NC2CC=C(c3cn(C)c4ncnc(N)c34)CC2)cc1. The molecule has 0 bridgehead atoms. The smallest absolute Gasteiger partial charge is 0.320 e. The molecule has 1 aliphatic rings. The van der Waals surface area contributed by atoms with E-state index >= 15 is 0 Å². The molecular weight excluding hydrogens is 464 g/mol. The van der Waals surface area contributed by atoms with Gasteiger partial charge in [-0.15, -0.1) is 0 Å². The summed E-state index contributed by atoms with van der Waals surface area (Å²) in [6.07, 6.45) is 8.12. The van der Waals surface area contributed by atoms with Gasteiger partial charge in [0.25, 0.3) is 0 Å². The van der Waals surface area contributed by atoms with Crippen LogP contribution in [0.2, 0.25) is 0 Å². The van der Waals surface area contributed by atoms with Crippen molar-refractivity contribution >= 4 is 34.3 Å². The Morgan fingerprint density at radius 1 is 1.16 bits per heavy atom. The molecule has 9 nitrogen and oxygen atoms in total. The first-order valence-corrected chi connectivity index (χ1v) is 12.6. The molecule has 1 unspecified atom stereocenters. The summed E-state index contributed by atoms with van der Waals surface area (Å²) in [4.78, 5) is 21.6. The Kier molecular flexibility index (Phi) is 6.23. The fourth-order valence-corrected chi connectivity index (χ4v) is 4.75. The Labute approximate surface area is 216 Å². The number of nitrogens with zero attached hydrogens (tertiary/aromatic N) is 5. The van der Waals surface area contributed by atoms with E-state index in [2.05, 4.69) is 53.6 Å². The molecule has 9 heteroatoms. The molecule has 0 saturated heterocycles. The van der Waals surface area contributed by atoms with E-state index in [1.165, 1.54) is 17.5 Å². The summed E-state index contributed by atoms with van der Waals surface area (Å²) in [5.41, 5.74) is 12.1. The molecule has 0 aliphatic heterocycles. The Morgan fingerprint density at radius 2 is 1.92 bits per heavy atom. The maximum Gasteiger partial charge on any atom is 0.320 e. The van der Waals surface area contributed by atoms with Crippen LogP contribution < -0.4 is 16.4 Å². The van der Waals surface area contributed by atoms with Gasteiger partial charge in [-0.25, -0.2) is 19.4 Å². The van der Waals surface area contributed by atoms with Crippen molar-refractivity contribution < 1.29 is 4.79 Å². The predicted molar refractivity (Wildman–Crippen MR) is 148 cm³/mol. The molecule has 2 amide bonds. The normalized spacial score (nSPS) is 16.0. The monoisotopic (exact) mass is 498 g/mol. The molecule has 192 valence electrons. The van der Waals surface area contributed by atoms with Crippen LogP contribution in [0.15, 0.2) is 48.9 Å². The molecule has 3 heterocycles. The molecule has 4 N–H and O–H groups in total. The number of fused-ring (bicyclic) bond motifs is 1. The number of urea groups is 1. The first-order valence-electron chi connectivity index (χ1n) is 12.6. The van der Waals surface area contributed by atoms with Crippen molar-refractivity contribution in [1.82, 2.24) is 29.6 Å². The molecule has 0 saturated carbocycles. The number of rotatable bonds is 4. The van der Waals surface area contributed by atoms with E-state index in [-0.39, 0.29) is 17.5 Å². The van der Waals surface area contributed by atoms with Gasteiger partial charge in [0, 0.05) is 36.3 Å². The van der Waals surface area contributed by atoms with Gasteiger partial charge in [-0.2, -0.15) is 5.10 Å². The number of nitrogens with two attached hydrogens (primary N) is 1. The summed E-state index contributed by atoms with van der Waals surface area (Å²) in [5.74, 6) is 1.13. The maximum absolute atomic E-state index is 13.0. The predicted octanol–water partition coefficient (Wildman–Crippen LogP) is 5.10. The van der Waals surface area contributed by atoms with E-state index in [1.807, 2.05) is 48.9 Å². The van der Waals surface area contributed by atoms with Crippen LogP contribution in [0.3, 0.4) is 0 Å². The van der Waals surface area contributed by atoms with E-state index in [0.29, 0.717) is 11.6 Å². The van der Waals surface area contributed by atoms with Crippen LogP contribution in [-0.4, -0.2) is 36.4 Å². The van der Waals surface area contributed by atoms with Crippen LogP contribution in [0.4, 0.5) is 16.4 Å². The van der Waals surface area contributed by atoms with Crippen LogP contribution in [0.1, 0.15) is 56.9 Å². The number of amides is 2. The highest BCUT2D eigenvalue weighted by molar-refractivity contribution is 5.97. The van der Waals surface area contributed by atoms with Crippen molar-refractivity contribution in [2.45, 2.75) is 58.4 Å². The number of nitrogens with one attached hydrogen (secondary N) is 2. The second-order valence-electron chi connectivity index (χ2n) is 10.8. The van der Waals surface area contributed by atoms with Crippen molar-refractivity contribution in [1.29, 1.82) is 0 Å². The molecular formula is C28H34N8O. The first kappa shape index (κ1) is 24.5.